The SMILES string of the molecule is COC(=O)[C@@H]1CCCN1C(=O)[C@H](CC(C)C)NC(=O)[C@@H]1CCCN1C(=O)[C@H](CC(C)C)NC(=O)OC(C)(C)C. The Kier molecular flexibility index (Phi) is 11.6. The van der Waals surface area contributed by atoms with Crippen molar-refractivity contribution in [3.05, 3.63) is 0 Å². The van der Waals surface area contributed by atoms with Crippen LogP contribution in [-0.2, 0) is 28.7 Å². The number of alkyl carbamates (subject to hydrolysis) is 1. The van der Waals surface area contributed by atoms with E-state index in [2.05, 4.69) is 10.6 Å². The summed E-state index contributed by atoms with van der Waals surface area (Å²) in [7, 11) is 1.30. The number of carbonyl (C=O) groups excluding carboxylic acids is 5. The van der Waals surface area contributed by atoms with E-state index in [1.807, 2.05) is 27.7 Å². The fourth-order valence-corrected chi connectivity index (χ4v) is 5.22. The Morgan fingerprint density at radius 1 is 0.795 bits per heavy atom. The van der Waals surface area contributed by atoms with E-state index >= 15 is 0 Å². The molecule has 2 saturated heterocycles. The molecule has 2 heterocycles. The van der Waals surface area contributed by atoms with Gasteiger partial charge in [0.2, 0.25) is 17.7 Å². The molecule has 0 aromatic carbocycles. The maximum absolute atomic E-state index is 13.6. The highest BCUT2D eigenvalue weighted by molar-refractivity contribution is 5.95. The quantitative estimate of drug-likeness (QED) is 0.398. The van der Waals surface area contributed by atoms with Crippen molar-refractivity contribution >= 4 is 29.8 Å². The third-order valence-electron chi connectivity index (χ3n) is 6.87. The van der Waals surface area contributed by atoms with Gasteiger partial charge in [-0.25, -0.2) is 9.59 Å². The molecular weight excluding hydrogens is 504 g/mol. The summed E-state index contributed by atoms with van der Waals surface area (Å²) in [6.45, 7) is 13.9. The smallest absolute Gasteiger partial charge is 0.408 e. The second-order valence-corrected chi connectivity index (χ2v) is 12.4. The minimum absolute atomic E-state index is 0.105. The highest BCUT2D eigenvalue weighted by Gasteiger charge is 2.42. The van der Waals surface area contributed by atoms with Crippen LogP contribution in [0.25, 0.3) is 0 Å². The van der Waals surface area contributed by atoms with E-state index in [-0.39, 0.29) is 23.7 Å². The molecule has 2 aliphatic rings. The van der Waals surface area contributed by atoms with Crippen molar-refractivity contribution < 1.29 is 33.4 Å². The zero-order valence-electron chi connectivity index (χ0n) is 24.9. The van der Waals surface area contributed by atoms with Crippen LogP contribution in [0.1, 0.15) is 87.0 Å². The largest absolute Gasteiger partial charge is 0.467 e. The number of nitrogens with one attached hydrogen (secondary N) is 2. The average Bonchev–Trinajstić information content (AvgIpc) is 3.50. The molecule has 2 N–H and O–H groups in total. The summed E-state index contributed by atoms with van der Waals surface area (Å²) in [5.74, 6) is -1.31. The summed E-state index contributed by atoms with van der Waals surface area (Å²) in [5.41, 5.74) is -0.717. The topological polar surface area (TPSA) is 134 Å². The molecule has 11 nitrogen and oxygen atoms in total. The van der Waals surface area contributed by atoms with Crippen LogP contribution in [0, 0.1) is 11.8 Å². The summed E-state index contributed by atoms with van der Waals surface area (Å²) in [6, 6.07) is -3.09. The minimum Gasteiger partial charge on any atom is -0.467 e. The Hall–Kier alpha value is -2.85. The fourth-order valence-electron chi connectivity index (χ4n) is 5.22. The summed E-state index contributed by atoms with van der Waals surface area (Å²) >= 11 is 0. The van der Waals surface area contributed by atoms with Gasteiger partial charge in [-0.2, -0.15) is 0 Å². The van der Waals surface area contributed by atoms with Gasteiger partial charge < -0.3 is 29.9 Å². The number of nitrogens with zero attached hydrogens (tertiary/aromatic N) is 2. The second kappa shape index (κ2) is 14.0. The van der Waals surface area contributed by atoms with Gasteiger partial charge in [0.15, 0.2) is 0 Å². The Labute approximate surface area is 232 Å². The first-order valence-corrected chi connectivity index (χ1v) is 14.1. The summed E-state index contributed by atoms with van der Waals surface area (Å²) in [4.78, 5) is 68.3. The number of rotatable bonds is 10. The van der Waals surface area contributed by atoms with Gasteiger partial charge >= 0.3 is 12.1 Å². The maximum atomic E-state index is 13.6. The number of hydrogen-bond donors (Lipinski definition) is 2. The lowest BCUT2D eigenvalue weighted by Gasteiger charge is -2.32. The zero-order valence-corrected chi connectivity index (χ0v) is 24.9. The summed E-state index contributed by atoms with van der Waals surface area (Å²) in [5, 5.41) is 5.59. The minimum atomic E-state index is -0.841. The maximum Gasteiger partial charge on any atom is 0.408 e. The van der Waals surface area contributed by atoms with Gasteiger partial charge in [0.05, 0.1) is 7.11 Å². The average molecular weight is 553 g/mol. The highest BCUT2D eigenvalue weighted by atomic mass is 16.6. The first-order valence-electron chi connectivity index (χ1n) is 14.1. The highest BCUT2D eigenvalue weighted by Crippen LogP contribution is 2.24. The van der Waals surface area contributed by atoms with E-state index in [9.17, 15) is 24.0 Å². The molecule has 222 valence electrons. The van der Waals surface area contributed by atoms with Crippen molar-refractivity contribution in [2.24, 2.45) is 11.8 Å². The van der Waals surface area contributed by atoms with Crippen molar-refractivity contribution in [2.45, 2.75) is 117 Å². The zero-order chi connectivity index (χ0) is 29.5. The number of esters is 1. The van der Waals surface area contributed by atoms with Crippen molar-refractivity contribution in [3.8, 4) is 0 Å². The van der Waals surface area contributed by atoms with Gasteiger partial charge in [0.1, 0.15) is 29.8 Å². The monoisotopic (exact) mass is 552 g/mol. The first kappa shape index (κ1) is 32.4. The van der Waals surface area contributed by atoms with Crippen LogP contribution in [0.3, 0.4) is 0 Å². The molecule has 0 unspecified atom stereocenters. The molecule has 0 saturated carbocycles. The first-order chi connectivity index (χ1) is 18.1. The molecular formula is C28H48N4O7. The molecule has 0 spiro atoms. The van der Waals surface area contributed by atoms with Crippen LogP contribution in [0.2, 0.25) is 0 Å². The van der Waals surface area contributed by atoms with Crippen LogP contribution >= 0.6 is 0 Å². The molecule has 2 rings (SSSR count). The van der Waals surface area contributed by atoms with Gasteiger partial charge in [0, 0.05) is 13.1 Å². The van der Waals surface area contributed by atoms with Crippen LogP contribution < -0.4 is 10.6 Å². The normalized spacial score (nSPS) is 21.1. The summed E-state index contributed by atoms with van der Waals surface area (Å²) in [6.07, 6.45) is 2.39. The van der Waals surface area contributed by atoms with Crippen LogP contribution in [0.4, 0.5) is 4.79 Å². The van der Waals surface area contributed by atoms with E-state index in [1.165, 1.54) is 16.9 Å². The van der Waals surface area contributed by atoms with E-state index in [1.54, 1.807) is 20.8 Å². The predicted octanol–water partition coefficient (Wildman–Crippen LogP) is 2.61. The molecule has 0 aromatic heterocycles. The summed E-state index contributed by atoms with van der Waals surface area (Å²) < 4.78 is 10.2. The number of hydrogen-bond acceptors (Lipinski definition) is 7. The molecule has 0 bridgehead atoms. The number of ether oxygens (including phenoxy) is 2. The molecule has 0 aromatic rings. The molecule has 2 aliphatic heterocycles. The van der Waals surface area contributed by atoms with E-state index in [0.29, 0.717) is 51.6 Å². The number of carbonyl (C=O) groups is 5. The van der Waals surface area contributed by atoms with Gasteiger partial charge in [-0.1, -0.05) is 27.7 Å². The Balaban J connectivity index is 2.18. The third kappa shape index (κ3) is 9.39. The lowest BCUT2D eigenvalue weighted by atomic mass is 10.0. The van der Waals surface area contributed by atoms with Crippen molar-refractivity contribution in [2.75, 3.05) is 20.2 Å². The second-order valence-electron chi connectivity index (χ2n) is 12.4. The van der Waals surface area contributed by atoms with E-state index in [4.69, 9.17) is 9.47 Å². The number of amides is 4. The van der Waals surface area contributed by atoms with Crippen LogP contribution in [0.15, 0.2) is 0 Å². The Morgan fingerprint density at radius 2 is 1.26 bits per heavy atom. The molecule has 2 fully saturated rings. The molecule has 4 amide bonds. The van der Waals surface area contributed by atoms with Gasteiger partial charge in [-0.15, -0.1) is 0 Å². The van der Waals surface area contributed by atoms with Gasteiger partial charge in [0.25, 0.3) is 0 Å². The Bertz CT molecular complexity index is 899. The fraction of sp³-hybridized carbons (Fsp3) is 0.821. The van der Waals surface area contributed by atoms with Gasteiger partial charge in [-0.3, -0.25) is 14.4 Å². The third-order valence-corrected chi connectivity index (χ3v) is 6.87. The molecule has 0 aliphatic carbocycles. The lowest BCUT2D eigenvalue weighted by Crippen LogP contribution is -2.57. The van der Waals surface area contributed by atoms with Crippen LogP contribution in [-0.4, -0.2) is 89.6 Å². The number of likely N-dealkylation sites (tertiary alicyclic amines) is 2. The lowest BCUT2D eigenvalue weighted by molar-refractivity contribution is -0.152. The Morgan fingerprint density at radius 3 is 1.72 bits per heavy atom. The van der Waals surface area contributed by atoms with Crippen molar-refractivity contribution in [3.63, 3.8) is 0 Å². The van der Waals surface area contributed by atoms with E-state index < -0.39 is 47.7 Å². The molecule has 4 atom stereocenters. The van der Waals surface area contributed by atoms with Crippen molar-refractivity contribution in [1.29, 1.82) is 0 Å². The van der Waals surface area contributed by atoms with Crippen molar-refractivity contribution in [1.82, 2.24) is 20.4 Å². The number of methoxy groups -OCH3 is 1. The van der Waals surface area contributed by atoms with E-state index in [0.717, 1.165) is 0 Å². The molecule has 39 heavy (non-hydrogen) atoms. The van der Waals surface area contributed by atoms with Gasteiger partial charge in [-0.05, 0) is 71.1 Å². The predicted molar refractivity (Wildman–Crippen MR) is 145 cm³/mol. The molecule has 0 radical (unpaired) electrons. The molecule has 11 heteroatoms. The van der Waals surface area contributed by atoms with Crippen LogP contribution in [0.5, 0.6) is 0 Å². The standard InChI is InChI=1S/C28H48N4O7/c1-17(2)15-19(24(34)32-14-10-12-22(32)26(36)38-8)29-23(33)21-11-9-13-31(21)25(35)20(16-18(3)4)30-27(37)39-28(5,6)7/h17-22H,9-16H2,1-8H3,(H,29,33)(H,30,37)/t19-,20-,21-,22-/m0/s1.